The Hall–Kier alpha value is -2.78. The second-order valence-corrected chi connectivity index (χ2v) is 8.55. The first-order valence-corrected chi connectivity index (χ1v) is 11.0. The SMILES string of the molecule is COC(=O)CCN(CC1CCCO1)C(=O)c1cc2c(C)nn(-c3ccc(F)cc3)c2s1. The number of amides is 1. The summed E-state index contributed by atoms with van der Waals surface area (Å²) in [6, 6.07) is 7.92. The molecule has 0 radical (unpaired) electrons. The van der Waals surface area contributed by atoms with Crippen molar-refractivity contribution in [3.63, 3.8) is 0 Å². The maximum Gasteiger partial charge on any atom is 0.307 e. The number of thiophene rings is 1. The van der Waals surface area contributed by atoms with E-state index in [1.165, 1.54) is 30.6 Å². The molecule has 1 atom stereocenters. The van der Waals surface area contributed by atoms with Gasteiger partial charge in [-0.1, -0.05) is 0 Å². The molecule has 1 aliphatic rings. The number of rotatable bonds is 7. The summed E-state index contributed by atoms with van der Waals surface area (Å²) in [5.74, 6) is -0.823. The van der Waals surface area contributed by atoms with E-state index in [0.717, 1.165) is 34.4 Å². The summed E-state index contributed by atoms with van der Waals surface area (Å²) in [6.07, 6.45) is 1.97. The fraction of sp³-hybridized carbons (Fsp3) is 0.409. The van der Waals surface area contributed by atoms with Crippen molar-refractivity contribution in [1.82, 2.24) is 14.7 Å². The zero-order chi connectivity index (χ0) is 22.0. The molecule has 0 saturated carbocycles. The molecule has 2 aromatic heterocycles. The van der Waals surface area contributed by atoms with E-state index in [0.29, 0.717) is 18.0 Å². The standard InChI is InChI=1S/C22H24FN3O4S/c1-14-18-12-19(31-22(18)26(24-14)16-7-5-15(23)6-8-16)21(28)25(10-9-20(27)29-2)13-17-4-3-11-30-17/h5-8,12,17H,3-4,9-11,13H2,1-2H3. The van der Waals surface area contributed by atoms with Gasteiger partial charge in [0.05, 0.1) is 35.9 Å². The van der Waals surface area contributed by atoms with Crippen LogP contribution in [0.5, 0.6) is 0 Å². The van der Waals surface area contributed by atoms with Gasteiger partial charge in [-0.05, 0) is 50.1 Å². The number of nitrogens with zero attached hydrogens (tertiary/aromatic N) is 3. The van der Waals surface area contributed by atoms with Crippen LogP contribution in [0.25, 0.3) is 15.9 Å². The summed E-state index contributed by atoms with van der Waals surface area (Å²) in [4.78, 5) is 28.1. The number of methoxy groups -OCH3 is 1. The smallest absolute Gasteiger partial charge is 0.307 e. The lowest BCUT2D eigenvalue weighted by Gasteiger charge is -2.24. The number of halogens is 1. The average Bonchev–Trinajstić information content (AvgIpc) is 3.50. The van der Waals surface area contributed by atoms with Crippen molar-refractivity contribution in [1.29, 1.82) is 0 Å². The van der Waals surface area contributed by atoms with Crippen molar-refractivity contribution in [3.05, 3.63) is 46.7 Å². The Morgan fingerprint density at radius 1 is 1.35 bits per heavy atom. The second kappa shape index (κ2) is 9.15. The van der Waals surface area contributed by atoms with E-state index in [9.17, 15) is 14.0 Å². The predicted octanol–water partition coefficient (Wildman–Crippen LogP) is 3.72. The normalized spacial score (nSPS) is 16.0. The van der Waals surface area contributed by atoms with E-state index in [1.807, 2.05) is 13.0 Å². The Bertz CT molecular complexity index is 1090. The van der Waals surface area contributed by atoms with Crippen LogP contribution in [0.3, 0.4) is 0 Å². The van der Waals surface area contributed by atoms with Gasteiger partial charge in [-0.25, -0.2) is 9.07 Å². The Labute approximate surface area is 183 Å². The van der Waals surface area contributed by atoms with Crippen LogP contribution in [-0.4, -0.2) is 59.5 Å². The van der Waals surface area contributed by atoms with Crippen LogP contribution in [0, 0.1) is 12.7 Å². The van der Waals surface area contributed by atoms with Gasteiger partial charge in [-0.3, -0.25) is 9.59 Å². The number of benzene rings is 1. The van der Waals surface area contributed by atoms with Crippen molar-refractivity contribution >= 4 is 33.4 Å². The maximum absolute atomic E-state index is 13.4. The number of esters is 1. The van der Waals surface area contributed by atoms with Crippen LogP contribution < -0.4 is 0 Å². The molecule has 164 valence electrons. The van der Waals surface area contributed by atoms with Crippen LogP contribution in [-0.2, 0) is 14.3 Å². The van der Waals surface area contributed by atoms with Crippen molar-refractivity contribution in [2.75, 3.05) is 26.8 Å². The lowest BCUT2D eigenvalue weighted by molar-refractivity contribution is -0.140. The van der Waals surface area contributed by atoms with Crippen molar-refractivity contribution in [3.8, 4) is 5.69 Å². The van der Waals surface area contributed by atoms with Gasteiger partial charge < -0.3 is 14.4 Å². The molecule has 1 aliphatic heterocycles. The summed E-state index contributed by atoms with van der Waals surface area (Å²) < 4.78 is 25.5. The first kappa shape index (κ1) is 21.5. The third-order valence-corrected chi connectivity index (χ3v) is 6.47. The van der Waals surface area contributed by atoms with Gasteiger partial charge in [-0.15, -0.1) is 11.3 Å². The lowest BCUT2D eigenvalue weighted by atomic mass is 10.2. The molecule has 0 N–H and O–H groups in total. The minimum absolute atomic E-state index is 0.0209. The van der Waals surface area contributed by atoms with Gasteiger partial charge in [0.25, 0.3) is 5.91 Å². The molecule has 1 saturated heterocycles. The van der Waals surface area contributed by atoms with Crippen molar-refractivity contribution < 1.29 is 23.5 Å². The van der Waals surface area contributed by atoms with Crippen LogP contribution >= 0.6 is 11.3 Å². The van der Waals surface area contributed by atoms with Crippen LogP contribution in [0.4, 0.5) is 4.39 Å². The monoisotopic (exact) mass is 445 g/mol. The van der Waals surface area contributed by atoms with Crippen LogP contribution in [0.15, 0.2) is 30.3 Å². The number of carbonyl (C=O) groups is 2. The van der Waals surface area contributed by atoms with Crippen molar-refractivity contribution in [2.24, 2.45) is 0 Å². The molecule has 31 heavy (non-hydrogen) atoms. The Morgan fingerprint density at radius 3 is 2.81 bits per heavy atom. The molecule has 0 aliphatic carbocycles. The van der Waals surface area contributed by atoms with Gasteiger partial charge in [-0.2, -0.15) is 5.10 Å². The first-order valence-electron chi connectivity index (χ1n) is 10.2. The number of ether oxygens (including phenoxy) is 2. The third-order valence-electron chi connectivity index (χ3n) is 5.38. The van der Waals surface area contributed by atoms with Gasteiger partial charge in [0.1, 0.15) is 10.6 Å². The fourth-order valence-electron chi connectivity index (χ4n) is 3.70. The highest BCUT2D eigenvalue weighted by Gasteiger charge is 2.26. The molecule has 4 rings (SSSR count). The molecule has 1 fully saturated rings. The molecular weight excluding hydrogens is 421 g/mol. The van der Waals surface area contributed by atoms with E-state index in [-0.39, 0.29) is 36.8 Å². The molecular formula is C22H24FN3O4S. The highest BCUT2D eigenvalue weighted by atomic mass is 32.1. The number of aromatic nitrogens is 2. The van der Waals surface area contributed by atoms with Gasteiger partial charge in [0.2, 0.25) is 0 Å². The molecule has 1 unspecified atom stereocenters. The summed E-state index contributed by atoms with van der Waals surface area (Å²) >= 11 is 1.34. The van der Waals surface area contributed by atoms with E-state index >= 15 is 0 Å². The molecule has 1 aromatic carbocycles. The molecule has 0 bridgehead atoms. The molecule has 1 amide bonds. The van der Waals surface area contributed by atoms with E-state index in [4.69, 9.17) is 9.47 Å². The number of hydrogen-bond donors (Lipinski definition) is 0. The first-order chi connectivity index (χ1) is 15.0. The van der Waals surface area contributed by atoms with Crippen LogP contribution in [0.1, 0.15) is 34.6 Å². The van der Waals surface area contributed by atoms with E-state index in [1.54, 1.807) is 21.7 Å². The van der Waals surface area contributed by atoms with Gasteiger partial charge >= 0.3 is 5.97 Å². The fourth-order valence-corrected chi connectivity index (χ4v) is 4.85. The Kier molecular flexibility index (Phi) is 6.33. The lowest BCUT2D eigenvalue weighted by Crippen LogP contribution is -2.38. The summed E-state index contributed by atoms with van der Waals surface area (Å²) in [5.41, 5.74) is 1.51. The van der Waals surface area contributed by atoms with E-state index < -0.39 is 0 Å². The van der Waals surface area contributed by atoms with Crippen LogP contribution in [0.2, 0.25) is 0 Å². The van der Waals surface area contributed by atoms with Gasteiger partial charge in [0.15, 0.2) is 0 Å². The van der Waals surface area contributed by atoms with Crippen molar-refractivity contribution in [2.45, 2.75) is 32.3 Å². The highest BCUT2D eigenvalue weighted by molar-refractivity contribution is 7.20. The van der Waals surface area contributed by atoms with Gasteiger partial charge in [0, 0.05) is 25.1 Å². The number of hydrogen-bond acceptors (Lipinski definition) is 6. The topological polar surface area (TPSA) is 73.7 Å². The molecule has 9 heteroatoms. The quantitative estimate of drug-likeness (QED) is 0.518. The highest BCUT2D eigenvalue weighted by Crippen LogP contribution is 2.31. The Balaban J connectivity index is 1.62. The third kappa shape index (κ3) is 4.62. The molecule has 3 aromatic rings. The van der Waals surface area contributed by atoms with E-state index in [2.05, 4.69) is 5.10 Å². The number of aryl methyl sites for hydroxylation is 1. The molecule has 0 spiro atoms. The minimum atomic E-state index is -0.357. The average molecular weight is 446 g/mol. The number of fused-ring (bicyclic) bond motifs is 1. The second-order valence-electron chi connectivity index (χ2n) is 7.52. The zero-order valence-electron chi connectivity index (χ0n) is 17.5. The molecule has 7 nitrogen and oxygen atoms in total. The molecule has 3 heterocycles. The number of carbonyl (C=O) groups excluding carboxylic acids is 2. The minimum Gasteiger partial charge on any atom is -0.469 e. The maximum atomic E-state index is 13.4. The summed E-state index contributed by atoms with van der Waals surface area (Å²) in [6.45, 7) is 3.28. The predicted molar refractivity (Wildman–Crippen MR) is 115 cm³/mol. The Morgan fingerprint density at radius 2 is 2.13 bits per heavy atom. The summed E-state index contributed by atoms with van der Waals surface area (Å²) in [5, 5.41) is 5.42. The largest absolute Gasteiger partial charge is 0.469 e. The summed E-state index contributed by atoms with van der Waals surface area (Å²) in [7, 11) is 1.34. The zero-order valence-corrected chi connectivity index (χ0v) is 18.3.